The summed E-state index contributed by atoms with van der Waals surface area (Å²) in [4.78, 5) is 30.3. The van der Waals surface area contributed by atoms with Crippen LogP contribution in [0.4, 0.5) is 11.6 Å². The average molecular weight is 544 g/mol. The Bertz CT molecular complexity index is 1610. The van der Waals surface area contributed by atoms with Crippen LogP contribution in [-0.2, 0) is 20.1 Å². The first kappa shape index (κ1) is 22.0. The van der Waals surface area contributed by atoms with Crippen LogP contribution in [0.5, 0.6) is 0 Å². The fourth-order valence-electron chi connectivity index (χ4n) is 3.45. The van der Waals surface area contributed by atoms with Gasteiger partial charge in [0.15, 0.2) is 5.82 Å². The molecule has 0 aliphatic heterocycles. The lowest BCUT2D eigenvalue weighted by atomic mass is 10.2. The van der Waals surface area contributed by atoms with Crippen molar-refractivity contribution in [3.05, 3.63) is 84.4 Å². The molecule has 0 unspecified atom stereocenters. The largest absolute Gasteiger partial charge is 0.355 e. The van der Waals surface area contributed by atoms with E-state index >= 15 is 0 Å². The number of nitrogens with zero attached hydrogens (tertiary/aromatic N) is 8. The molecule has 0 atom stereocenters. The number of halogens is 2. The number of H-pyrrole nitrogens is 1. The molecule has 0 aliphatic carbocycles. The molecule has 2 aromatic carbocycles. The van der Waals surface area contributed by atoms with Crippen LogP contribution in [0.15, 0.2) is 56.7 Å². The van der Waals surface area contributed by atoms with Gasteiger partial charge < -0.3 is 5.32 Å². The van der Waals surface area contributed by atoms with Gasteiger partial charge >= 0.3 is 11.4 Å². The molecular weight excluding hydrogens is 528 g/mol. The summed E-state index contributed by atoms with van der Waals surface area (Å²) in [5, 5.41) is 22.0. The molecule has 5 aromatic rings. The van der Waals surface area contributed by atoms with E-state index in [9.17, 15) is 9.59 Å². The number of aromatic nitrogens is 9. The summed E-state index contributed by atoms with van der Waals surface area (Å²) in [5.41, 5.74) is 0.674. The maximum absolute atomic E-state index is 13.4. The predicted molar refractivity (Wildman–Crippen MR) is 128 cm³/mol. The van der Waals surface area contributed by atoms with E-state index in [1.165, 1.54) is 4.57 Å². The third kappa shape index (κ3) is 4.34. The first-order chi connectivity index (χ1) is 16.4. The van der Waals surface area contributed by atoms with Crippen LogP contribution >= 0.6 is 27.5 Å². The van der Waals surface area contributed by atoms with E-state index in [1.54, 1.807) is 16.8 Å². The zero-order valence-corrected chi connectivity index (χ0v) is 19.9. The number of hydrogen-bond donors (Lipinski definition) is 2. The molecule has 0 bridgehead atoms. The van der Waals surface area contributed by atoms with Crippen LogP contribution in [-0.4, -0.2) is 44.5 Å². The molecule has 34 heavy (non-hydrogen) atoms. The minimum atomic E-state index is -0.761. The normalized spacial score (nSPS) is 11.3. The maximum Gasteiger partial charge on any atom is 0.355 e. The van der Waals surface area contributed by atoms with E-state index in [2.05, 4.69) is 52.0 Å². The van der Waals surface area contributed by atoms with E-state index in [1.807, 2.05) is 37.5 Å². The van der Waals surface area contributed by atoms with Crippen molar-refractivity contribution in [2.24, 2.45) is 7.05 Å². The van der Waals surface area contributed by atoms with E-state index < -0.39 is 11.4 Å². The molecule has 5 rings (SSSR count). The molecule has 0 radical (unpaired) electrons. The van der Waals surface area contributed by atoms with Gasteiger partial charge in [-0.3, -0.25) is 9.25 Å². The van der Waals surface area contributed by atoms with Crippen LogP contribution in [0.3, 0.4) is 0 Å². The van der Waals surface area contributed by atoms with Gasteiger partial charge in [-0.05, 0) is 29.8 Å². The zero-order valence-electron chi connectivity index (χ0n) is 17.6. The molecule has 3 aromatic heterocycles. The smallest absolute Gasteiger partial charge is 0.324 e. The Kier molecular flexibility index (Phi) is 5.71. The average Bonchev–Trinajstić information content (AvgIpc) is 3.44. The summed E-state index contributed by atoms with van der Waals surface area (Å²) in [6.07, 6.45) is 1.84. The molecule has 172 valence electrons. The fraction of sp³-hybridized carbons (Fsp3) is 0.150. The molecule has 3 heterocycles. The molecule has 0 spiro atoms. The number of nitrogens with one attached hydrogen (secondary N) is 2. The highest BCUT2D eigenvalue weighted by atomic mass is 79.9. The standard InChI is InChI=1S/C20H16BrClN10O2/c1-30-9-12-6-16(14(22)7-15(12)27-30)23-18-24-19(33)32(10-17-25-28-29-26-17)20(34)31(18)8-11-2-4-13(21)5-3-11/h2-7,9H,8,10H2,1H3,(H,23,24,33)(H,25,26,28,29). The quantitative estimate of drug-likeness (QED) is 0.332. The van der Waals surface area contributed by atoms with Crippen LogP contribution in [0, 0.1) is 0 Å². The Morgan fingerprint density at radius 3 is 2.65 bits per heavy atom. The third-order valence-corrected chi connectivity index (χ3v) is 5.89. The zero-order chi connectivity index (χ0) is 23.8. The molecule has 0 amide bonds. The predicted octanol–water partition coefficient (Wildman–Crippen LogP) is 2.06. The number of benzene rings is 2. The van der Waals surface area contributed by atoms with Gasteiger partial charge in [-0.25, -0.2) is 14.2 Å². The van der Waals surface area contributed by atoms with Gasteiger partial charge in [0.05, 0.1) is 29.3 Å². The summed E-state index contributed by atoms with van der Waals surface area (Å²) >= 11 is 9.86. The first-order valence-electron chi connectivity index (χ1n) is 9.96. The lowest BCUT2D eigenvalue weighted by Crippen LogP contribution is -2.43. The van der Waals surface area contributed by atoms with Crippen molar-refractivity contribution in [1.82, 2.24) is 44.5 Å². The van der Waals surface area contributed by atoms with Crippen molar-refractivity contribution in [3.63, 3.8) is 0 Å². The van der Waals surface area contributed by atoms with Crippen molar-refractivity contribution in [2.45, 2.75) is 13.1 Å². The third-order valence-electron chi connectivity index (χ3n) is 5.05. The Labute approximate surface area is 204 Å². The summed E-state index contributed by atoms with van der Waals surface area (Å²) in [6, 6.07) is 10.9. The van der Waals surface area contributed by atoms with Gasteiger partial charge in [0.2, 0.25) is 5.95 Å². The van der Waals surface area contributed by atoms with Crippen LogP contribution in [0.2, 0.25) is 5.02 Å². The molecule has 0 fully saturated rings. The van der Waals surface area contributed by atoms with Crippen molar-refractivity contribution < 1.29 is 0 Å². The van der Waals surface area contributed by atoms with Gasteiger partial charge in [-0.1, -0.05) is 44.9 Å². The Balaban J connectivity index is 1.61. The second kappa shape index (κ2) is 8.83. The number of aryl methyl sites for hydroxylation is 1. The second-order valence-corrected chi connectivity index (χ2v) is 8.77. The number of aromatic amines is 1. The lowest BCUT2D eigenvalue weighted by Gasteiger charge is -2.16. The van der Waals surface area contributed by atoms with Gasteiger partial charge in [-0.2, -0.15) is 15.3 Å². The monoisotopic (exact) mass is 542 g/mol. The Morgan fingerprint density at radius 1 is 1.12 bits per heavy atom. The van der Waals surface area contributed by atoms with Crippen molar-refractivity contribution >= 4 is 50.1 Å². The summed E-state index contributed by atoms with van der Waals surface area (Å²) in [6.45, 7) is -0.0229. The SMILES string of the molecule is Cn1cc2cc(Nc3nc(=O)n(Cc4nn[nH]n4)c(=O)n3Cc3ccc(Br)cc3)c(Cl)cc2n1. The van der Waals surface area contributed by atoms with Gasteiger partial charge in [-0.15, -0.1) is 10.2 Å². The number of anilines is 2. The fourth-order valence-corrected chi connectivity index (χ4v) is 3.92. The van der Waals surface area contributed by atoms with Crippen molar-refractivity contribution in [3.8, 4) is 0 Å². The minimum Gasteiger partial charge on any atom is -0.324 e. The highest BCUT2D eigenvalue weighted by molar-refractivity contribution is 9.10. The van der Waals surface area contributed by atoms with Gasteiger partial charge in [0.25, 0.3) is 0 Å². The van der Waals surface area contributed by atoms with Crippen molar-refractivity contribution in [2.75, 3.05) is 5.32 Å². The van der Waals surface area contributed by atoms with Gasteiger partial charge in [0.1, 0.15) is 0 Å². The summed E-state index contributed by atoms with van der Waals surface area (Å²) < 4.78 is 4.87. The van der Waals surface area contributed by atoms with E-state index in [-0.39, 0.29) is 24.9 Å². The summed E-state index contributed by atoms with van der Waals surface area (Å²) in [7, 11) is 1.81. The lowest BCUT2D eigenvalue weighted by molar-refractivity contribution is 0.577. The molecular formula is C20H16BrClN10O2. The minimum absolute atomic E-state index is 0.0485. The highest BCUT2D eigenvalue weighted by Gasteiger charge is 2.17. The maximum atomic E-state index is 13.4. The molecule has 2 N–H and O–H groups in total. The molecule has 12 nitrogen and oxygen atoms in total. The van der Waals surface area contributed by atoms with Crippen LogP contribution < -0.4 is 16.7 Å². The van der Waals surface area contributed by atoms with Crippen LogP contribution in [0.1, 0.15) is 11.4 Å². The van der Waals surface area contributed by atoms with E-state index in [4.69, 9.17) is 11.6 Å². The van der Waals surface area contributed by atoms with Crippen LogP contribution in [0.25, 0.3) is 10.9 Å². The highest BCUT2D eigenvalue weighted by Crippen LogP contribution is 2.29. The summed E-state index contributed by atoms with van der Waals surface area (Å²) in [5.74, 6) is 0.231. The van der Waals surface area contributed by atoms with E-state index in [0.717, 1.165) is 20.0 Å². The van der Waals surface area contributed by atoms with Crippen molar-refractivity contribution in [1.29, 1.82) is 0 Å². The Morgan fingerprint density at radius 2 is 1.91 bits per heavy atom. The Hall–Kier alpha value is -3.84. The molecule has 0 saturated heterocycles. The topological polar surface area (TPSA) is 141 Å². The molecule has 0 aliphatic rings. The first-order valence-corrected chi connectivity index (χ1v) is 11.1. The number of fused-ring (bicyclic) bond motifs is 1. The van der Waals surface area contributed by atoms with Gasteiger partial charge in [0, 0.05) is 23.1 Å². The van der Waals surface area contributed by atoms with E-state index in [0.29, 0.717) is 16.2 Å². The molecule has 0 saturated carbocycles. The molecule has 14 heteroatoms. The second-order valence-electron chi connectivity index (χ2n) is 7.45. The number of rotatable bonds is 6. The number of hydrogen-bond acceptors (Lipinski definition) is 8. The number of tetrazole rings is 1.